The van der Waals surface area contributed by atoms with Gasteiger partial charge in [-0.2, -0.15) is 0 Å². The van der Waals surface area contributed by atoms with Gasteiger partial charge in [0.1, 0.15) is 24.4 Å². The van der Waals surface area contributed by atoms with Crippen molar-refractivity contribution in [3.63, 3.8) is 0 Å². The Hall–Kier alpha value is -0.520. The van der Waals surface area contributed by atoms with Gasteiger partial charge in [-0.3, -0.25) is 0 Å². The molecule has 3 aliphatic rings. The van der Waals surface area contributed by atoms with Crippen molar-refractivity contribution < 1.29 is 44.8 Å². The summed E-state index contributed by atoms with van der Waals surface area (Å²) in [7, 11) is 0. The Morgan fingerprint density at radius 3 is 1.94 bits per heavy atom. The molecule has 31 heavy (non-hydrogen) atoms. The first kappa shape index (κ1) is 26.7. The fraction of sp³-hybridized carbons (Fsp3) is 1.00. The van der Waals surface area contributed by atoms with Gasteiger partial charge in [-0.05, 0) is 12.8 Å². The van der Waals surface area contributed by atoms with Crippen LogP contribution in [0, 0.1) is 0 Å². The maximum absolute atomic E-state index is 10.9. The third kappa shape index (κ3) is 6.09. The van der Waals surface area contributed by atoms with E-state index in [1.54, 1.807) is 0 Å². The molecule has 13 heteroatoms. The number of hydrogen-bond donors (Lipinski definition) is 8. The van der Waals surface area contributed by atoms with Gasteiger partial charge >= 0.3 is 0 Å². The van der Waals surface area contributed by atoms with Crippen LogP contribution in [-0.2, 0) is 18.9 Å². The van der Waals surface area contributed by atoms with Crippen molar-refractivity contribution in [3.05, 3.63) is 0 Å². The van der Waals surface area contributed by atoms with Crippen molar-refractivity contribution in [2.45, 2.75) is 99.1 Å². The summed E-state index contributed by atoms with van der Waals surface area (Å²) in [5.41, 5.74) is 23.9. The van der Waals surface area contributed by atoms with Crippen molar-refractivity contribution in [2.24, 2.45) is 22.9 Å². The molecule has 0 unspecified atom stereocenters. The molecule has 2 aliphatic heterocycles. The molecule has 14 N–H and O–H groups in total. The zero-order chi connectivity index (χ0) is 22.0. The predicted molar refractivity (Wildman–Crippen MR) is 107 cm³/mol. The molecule has 0 bridgehead atoms. The van der Waals surface area contributed by atoms with E-state index < -0.39 is 80.0 Å². The third-order valence-corrected chi connectivity index (χ3v) is 6.16. The van der Waals surface area contributed by atoms with Crippen molar-refractivity contribution in [3.8, 4) is 0 Å². The molecule has 2 saturated heterocycles. The average molecular weight is 455 g/mol. The normalized spacial score (nSPS) is 48.8. The highest BCUT2D eigenvalue weighted by molar-refractivity contribution is 4.99. The molecule has 12 atom stereocenters. The quantitative estimate of drug-likeness (QED) is 0.188. The van der Waals surface area contributed by atoms with Crippen LogP contribution in [0.2, 0.25) is 0 Å². The summed E-state index contributed by atoms with van der Waals surface area (Å²) in [6, 6.07) is -1.79. The van der Waals surface area contributed by atoms with Gasteiger partial charge in [0.25, 0.3) is 0 Å². The average Bonchev–Trinajstić information content (AvgIpc) is 2.71. The van der Waals surface area contributed by atoms with Gasteiger partial charge in [0.05, 0.1) is 24.9 Å². The molecule has 0 aromatic carbocycles. The lowest BCUT2D eigenvalue weighted by molar-refractivity contribution is -0.292. The van der Waals surface area contributed by atoms with E-state index in [0.29, 0.717) is 19.3 Å². The van der Waals surface area contributed by atoms with Crippen LogP contribution < -0.4 is 22.9 Å². The summed E-state index contributed by atoms with van der Waals surface area (Å²) in [5, 5.41) is 40.2. The molecule has 3 fully saturated rings. The Bertz CT molecular complexity index is 550. The van der Waals surface area contributed by atoms with Gasteiger partial charge in [-0.15, -0.1) is 0 Å². The Balaban J connectivity index is 0.00000341. The van der Waals surface area contributed by atoms with E-state index in [9.17, 15) is 20.4 Å². The minimum Gasteiger partial charge on any atom is -0.412 e. The largest absolute Gasteiger partial charge is 0.412 e. The second kappa shape index (κ2) is 11.6. The highest BCUT2D eigenvalue weighted by Gasteiger charge is 2.47. The van der Waals surface area contributed by atoms with Crippen LogP contribution in [0.3, 0.4) is 0 Å². The maximum atomic E-state index is 10.9. The smallest absolute Gasteiger partial charge is 0.160 e. The van der Waals surface area contributed by atoms with Gasteiger partial charge < -0.3 is 67.8 Å². The third-order valence-electron chi connectivity index (χ3n) is 6.16. The van der Waals surface area contributed by atoms with Crippen molar-refractivity contribution in [2.75, 3.05) is 13.2 Å². The Morgan fingerprint density at radius 1 is 0.774 bits per heavy atom. The highest BCUT2D eigenvalue weighted by atomic mass is 16.7. The number of aliphatic hydroxyl groups excluding tert-OH is 4. The number of ether oxygens (including phenoxy) is 4. The molecule has 0 aromatic heterocycles. The number of rotatable bonds is 6. The number of hydrogen-bond acceptors (Lipinski definition) is 12. The molecule has 3 rings (SSSR count). The molecule has 0 spiro atoms. The Kier molecular flexibility index (Phi) is 9.97. The van der Waals surface area contributed by atoms with Crippen molar-refractivity contribution >= 4 is 0 Å². The zero-order valence-electron chi connectivity index (χ0n) is 17.4. The molecule has 1 aliphatic carbocycles. The maximum Gasteiger partial charge on any atom is 0.160 e. The lowest BCUT2D eigenvalue weighted by Crippen LogP contribution is -2.65. The molecule has 184 valence electrons. The van der Waals surface area contributed by atoms with Crippen LogP contribution in [0.15, 0.2) is 0 Å². The Labute approximate surface area is 180 Å². The summed E-state index contributed by atoms with van der Waals surface area (Å²) in [5.74, 6) is 0. The standard InChI is InChI=1S/C18H36N4O8.H2O/c19-5-11-10(24)1-2-13(27-11)29-17-8(21)3-9(22)18(16(17)26)30-14-4-7(20)15(25)12(6-23)28-14;/h7-18,23-26H,1-6,19-22H2;1H2/t7-,8+,9-,10+,11-,12-,13-,14-,15+,16+,17-,18+;/m1./s1. The summed E-state index contributed by atoms with van der Waals surface area (Å²) in [6.07, 6.45) is -6.09. The minimum absolute atomic E-state index is 0. The summed E-state index contributed by atoms with van der Waals surface area (Å²) >= 11 is 0. The number of aliphatic hydroxyl groups is 4. The summed E-state index contributed by atoms with van der Waals surface area (Å²) < 4.78 is 23.1. The first-order valence-corrected chi connectivity index (χ1v) is 10.5. The van der Waals surface area contributed by atoms with E-state index in [1.807, 2.05) is 0 Å². The summed E-state index contributed by atoms with van der Waals surface area (Å²) in [6.45, 7) is -0.272. The van der Waals surface area contributed by atoms with E-state index in [1.165, 1.54) is 0 Å². The molecule has 0 amide bonds. The first-order valence-electron chi connectivity index (χ1n) is 10.5. The highest BCUT2D eigenvalue weighted by Crippen LogP contribution is 2.30. The van der Waals surface area contributed by atoms with Crippen LogP contribution in [-0.4, -0.2) is 112 Å². The second-order valence-corrected chi connectivity index (χ2v) is 8.42. The van der Waals surface area contributed by atoms with E-state index in [4.69, 9.17) is 41.9 Å². The molecule has 1 saturated carbocycles. The van der Waals surface area contributed by atoms with Crippen LogP contribution in [0.25, 0.3) is 0 Å². The fourth-order valence-electron chi connectivity index (χ4n) is 4.36. The van der Waals surface area contributed by atoms with Gasteiger partial charge in [-0.1, -0.05) is 0 Å². The van der Waals surface area contributed by atoms with Crippen LogP contribution in [0.4, 0.5) is 0 Å². The van der Waals surface area contributed by atoms with Gasteiger partial charge in [0.15, 0.2) is 12.6 Å². The van der Waals surface area contributed by atoms with Crippen LogP contribution >= 0.6 is 0 Å². The minimum atomic E-state index is -1.17. The van der Waals surface area contributed by atoms with Crippen molar-refractivity contribution in [1.29, 1.82) is 0 Å². The molecular formula is C18H38N4O9. The van der Waals surface area contributed by atoms with Crippen molar-refractivity contribution in [1.82, 2.24) is 0 Å². The lowest BCUT2D eigenvalue weighted by Gasteiger charge is -2.46. The number of nitrogens with two attached hydrogens (primary N) is 4. The molecule has 0 aromatic rings. The lowest BCUT2D eigenvalue weighted by atomic mass is 9.84. The molecule has 0 radical (unpaired) electrons. The first-order chi connectivity index (χ1) is 14.2. The molecular weight excluding hydrogens is 416 g/mol. The van der Waals surface area contributed by atoms with Gasteiger partial charge in [0, 0.05) is 37.5 Å². The monoisotopic (exact) mass is 454 g/mol. The molecule has 13 nitrogen and oxygen atoms in total. The van der Waals surface area contributed by atoms with E-state index >= 15 is 0 Å². The Morgan fingerprint density at radius 2 is 1.35 bits per heavy atom. The van der Waals surface area contributed by atoms with E-state index in [0.717, 1.165) is 0 Å². The topological polar surface area (TPSA) is 253 Å². The fourth-order valence-corrected chi connectivity index (χ4v) is 4.36. The zero-order valence-corrected chi connectivity index (χ0v) is 17.4. The van der Waals surface area contributed by atoms with E-state index in [2.05, 4.69) is 0 Å². The van der Waals surface area contributed by atoms with Crippen LogP contribution in [0.1, 0.15) is 25.7 Å². The van der Waals surface area contributed by atoms with Gasteiger partial charge in [0.2, 0.25) is 0 Å². The van der Waals surface area contributed by atoms with Crippen LogP contribution in [0.5, 0.6) is 0 Å². The van der Waals surface area contributed by atoms with Gasteiger partial charge in [-0.25, -0.2) is 0 Å². The molecule has 2 heterocycles. The van der Waals surface area contributed by atoms with E-state index in [-0.39, 0.29) is 18.4 Å². The SMILES string of the molecule is NC[C@H]1O[C@H](O[C@H]2[C@H](O)[C@@H](O[C@@H]3C[C@@H](N)[C@H](O)[C@@H](CO)O3)[C@H](N)C[C@@H]2N)CC[C@@H]1O.O. The second-order valence-electron chi connectivity index (χ2n) is 8.42. The predicted octanol–water partition coefficient (Wildman–Crippen LogP) is -5.03. The summed E-state index contributed by atoms with van der Waals surface area (Å²) in [4.78, 5) is 0.